The van der Waals surface area contributed by atoms with E-state index < -0.39 is 5.97 Å². The molecule has 3 aromatic rings. The summed E-state index contributed by atoms with van der Waals surface area (Å²) in [4.78, 5) is 23.7. The fourth-order valence-electron chi connectivity index (χ4n) is 2.81. The standard InChI is InChI=1S/C20H17NO3/c1-13-6-4-11-17(20(23)24)19(13)21-18(22)12-15-9-5-8-14-7-2-3-10-16(14)15/h2-11H,12H2,1H3,(H,21,22)(H,23,24)/p-1. The van der Waals surface area contributed by atoms with Crippen LogP contribution in [-0.2, 0) is 11.2 Å². The van der Waals surface area contributed by atoms with Crippen molar-refractivity contribution in [3.8, 4) is 0 Å². The number of aryl methyl sites for hydroxylation is 1. The van der Waals surface area contributed by atoms with Gasteiger partial charge in [-0.25, -0.2) is 0 Å². The van der Waals surface area contributed by atoms with Crippen LogP contribution in [0.5, 0.6) is 0 Å². The zero-order valence-electron chi connectivity index (χ0n) is 13.2. The van der Waals surface area contributed by atoms with Gasteiger partial charge in [0.1, 0.15) is 0 Å². The second-order valence-electron chi connectivity index (χ2n) is 5.65. The molecule has 120 valence electrons. The van der Waals surface area contributed by atoms with Crippen molar-refractivity contribution in [3.63, 3.8) is 0 Å². The van der Waals surface area contributed by atoms with E-state index in [-0.39, 0.29) is 17.9 Å². The van der Waals surface area contributed by atoms with Gasteiger partial charge in [0.15, 0.2) is 0 Å². The molecule has 24 heavy (non-hydrogen) atoms. The fraction of sp³-hybridized carbons (Fsp3) is 0.100. The Kier molecular flexibility index (Phi) is 4.29. The summed E-state index contributed by atoms with van der Waals surface area (Å²) in [5.74, 6) is -1.57. The van der Waals surface area contributed by atoms with Crippen molar-refractivity contribution in [1.82, 2.24) is 0 Å². The third-order valence-corrected chi connectivity index (χ3v) is 3.99. The Morgan fingerprint density at radius 1 is 0.958 bits per heavy atom. The molecule has 4 heteroatoms. The summed E-state index contributed by atoms with van der Waals surface area (Å²) in [7, 11) is 0. The molecule has 0 aromatic heterocycles. The predicted molar refractivity (Wildman–Crippen MR) is 91.8 cm³/mol. The van der Waals surface area contributed by atoms with Crippen LogP contribution in [0.2, 0.25) is 0 Å². The molecule has 0 fully saturated rings. The van der Waals surface area contributed by atoms with E-state index in [9.17, 15) is 14.7 Å². The number of anilines is 1. The number of carboxylic acid groups (broad SMARTS) is 1. The van der Waals surface area contributed by atoms with Crippen molar-refractivity contribution in [3.05, 3.63) is 77.4 Å². The predicted octanol–water partition coefficient (Wildman–Crippen LogP) is 2.69. The van der Waals surface area contributed by atoms with Crippen LogP contribution < -0.4 is 10.4 Å². The molecule has 0 radical (unpaired) electrons. The number of carbonyl (C=O) groups excluding carboxylic acids is 2. The molecule has 3 aromatic carbocycles. The van der Waals surface area contributed by atoms with E-state index in [2.05, 4.69) is 5.32 Å². The summed E-state index contributed by atoms with van der Waals surface area (Å²) in [5, 5.41) is 16.0. The van der Waals surface area contributed by atoms with Gasteiger partial charge in [-0.05, 0) is 28.8 Å². The summed E-state index contributed by atoms with van der Waals surface area (Å²) < 4.78 is 0. The molecule has 0 spiro atoms. The van der Waals surface area contributed by atoms with Crippen LogP contribution >= 0.6 is 0 Å². The zero-order chi connectivity index (χ0) is 17.1. The highest BCUT2D eigenvalue weighted by molar-refractivity contribution is 6.02. The quantitative estimate of drug-likeness (QED) is 0.804. The lowest BCUT2D eigenvalue weighted by Gasteiger charge is -2.15. The third-order valence-electron chi connectivity index (χ3n) is 3.99. The Labute approximate surface area is 139 Å². The average Bonchev–Trinajstić information content (AvgIpc) is 2.57. The number of amides is 1. The number of hydrogen-bond acceptors (Lipinski definition) is 3. The minimum absolute atomic E-state index is 0.0127. The lowest BCUT2D eigenvalue weighted by molar-refractivity contribution is -0.254. The fourth-order valence-corrected chi connectivity index (χ4v) is 2.81. The van der Waals surface area contributed by atoms with Crippen LogP contribution in [0.4, 0.5) is 5.69 Å². The van der Waals surface area contributed by atoms with Crippen molar-refractivity contribution in [1.29, 1.82) is 0 Å². The molecule has 0 unspecified atom stereocenters. The highest BCUT2D eigenvalue weighted by atomic mass is 16.4. The van der Waals surface area contributed by atoms with E-state index in [0.717, 1.165) is 16.3 Å². The van der Waals surface area contributed by atoms with Gasteiger partial charge < -0.3 is 15.2 Å². The number of hydrogen-bond donors (Lipinski definition) is 1. The van der Waals surface area contributed by atoms with Gasteiger partial charge >= 0.3 is 0 Å². The monoisotopic (exact) mass is 318 g/mol. The van der Waals surface area contributed by atoms with Gasteiger partial charge in [0.2, 0.25) is 5.91 Å². The smallest absolute Gasteiger partial charge is 0.228 e. The molecule has 4 nitrogen and oxygen atoms in total. The van der Waals surface area contributed by atoms with Gasteiger partial charge in [-0.3, -0.25) is 4.79 Å². The van der Waals surface area contributed by atoms with Gasteiger partial charge in [-0.15, -0.1) is 0 Å². The minimum atomic E-state index is -1.31. The van der Waals surface area contributed by atoms with Gasteiger partial charge in [0.25, 0.3) is 0 Å². The summed E-state index contributed by atoms with van der Waals surface area (Å²) in [5.41, 5.74) is 1.86. The van der Waals surface area contributed by atoms with Crippen molar-refractivity contribution in [2.45, 2.75) is 13.3 Å². The van der Waals surface area contributed by atoms with Crippen LogP contribution in [0, 0.1) is 6.92 Å². The van der Waals surface area contributed by atoms with E-state index in [1.165, 1.54) is 6.07 Å². The van der Waals surface area contributed by atoms with E-state index in [1.54, 1.807) is 19.1 Å². The molecule has 0 bridgehead atoms. The molecule has 0 saturated heterocycles. The molecule has 3 rings (SSSR count). The SMILES string of the molecule is Cc1cccc(C(=O)[O-])c1NC(=O)Cc1cccc2ccccc12. The van der Waals surface area contributed by atoms with E-state index in [0.29, 0.717) is 11.3 Å². The largest absolute Gasteiger partial charge is 0.545 e. The van der Waals surface area contributed by atoms with Gasteiger partial charge in [0, 0.05) is 5.56 Å². The lowest BCUT2D eigenvalue weighted by atomic mass is 10.0. The van der Waals surface area contributed by atoms with Crippen LogP contribution in [0.1, 0.15) is 21.5 Å². The van der Waals surface area contributed by atoms with Crippen LogP contribution in [0.25, 0.3) is 10.8 Å². The Morgan fingerprint density at radius 2 is 1.67 bits per heavy atom. The summed E-state index contributed by atoms with van der Waals surface area (Å²) in [6.07, 6.45) is 0.169. The van der Waals surface area contributed by atoms with Gasteiger partial charge in [-0.1, -0.05) is 60.7 Å². The number of benzene rings is 3. The number of fused-ring (bicyclic) bond motifs is 1. The topological polar surface area (TPSA) is 69.2 Å². The van der Waals surface area contributed by atoms with Crippen LogP contribution in [0.15, 0.2) is 60.7 Å². The Hall–Kier alpha value is -3.14. The molecule has 0 heterocycles. The number of nitrogens with one attached hydrogen (secondary N) is 1. The van der Waals surface area contributed by atoms with Crippen molar-refractivity contribution < 1.29 is 14.7 Å². The molecule has 0 aliphatic carbocycles. The van der Waals surface area contributed by atoms with Crippen molar-refractivity contribution in [2.24, 2.45) is 0 Å². The van der Waals surface area contributed by atoms with E-state index in [4.69, 9.17) is 0 Å². The molecular weight excluding hydrogens is 302 g/mol. The number of aromatic carboxylic acids is 1. The first-order chi connectivity index (χ1) is 11.6. The van der Waals surface area contributed by atoms with Crippen LogP contribution in [0.3, 0.4) is 0 Å². The maximum atomic E-state index is 12.4. The van der Waals surface area contributed by atoms with Gasteiger partial charge in [0.05, 0.1) is 18.1 Å². The van der Waals surface area contributed by atoms with E-state index >= 15 is 0 Å². The second kappa shape index (κ2) is 6.54. The Bertz CT molecular complexity index is 926. The summed E-state index contributed by atoms with van der Waals surface area (Å²) >= 11 is 0. The van der Waals surface area contributed by atoms with Crippen molar-refractivity contribution in [2.75, 3.05) is 5.32 Å². The first-order valence-corrected chi connectivity index (χ1v) is 7.63. The zero-order valence-corrected chi connectivity index (χ0v) is 13.2. The molecule has 1 amide bonds. The van der Waals surface area contributed by atoms with Crippen LogP contribution in [-0.4, -0.2) is 11.9 Å². The van der Waals surface area contributed by atoms with Crippen molar-refractivity contribution >= 4 is 28.3 Å². The number of rotatable bonds is 4. The maximum Gasteiger partial charge on any atom is 0.228 e. The average molecular weight is 318 g/mol. The molecule has 1 N–H and O–H groups in total. The third kappa shape index (κ3) is 3.13. The molecule has 0 saturated carbocycles. The van der Waals surface area contributed by atoms with E-state index in [1.807, 2.05) is 42.5 Å². The Morgan fingerprint density at radius 3 is 2.46 bits per heavy atom. The highest BCUT2D eigenvalue weighted by Crippen LogP contribution is 2.22. The molecular formula is C20H16NO3-. The first kappa shape index (κ1) is 15.7. The lowest BCUT2D eigenvalue weighted by Crippen LogP contribution is -2.25. The molecule has 0 aliphatic rings. The number of carboxylic acids is 1. The minimum Gasteiger partial charge on any atom is -0.545 e. The molecule has 0 atom stereocenters. The summed E-state index contributed by atoms with van der Waals surface area (Å²) in [6.45, 7) is 1.75. The first-order valence-electron chi connectivity index (χ1n) is 7.63. The van der Waals surface area contributed by atoms with Gasteiger partial charge in [-0.2, -0.15) is 0 Å². The second-order valence-corrected chi connectivity index (χ2v) is 5.65. The molecule has 0 aliphatic heterocycles. The highest BCUT2D eigenvalue weighted by Gasteiger charge is 2.12. The normalized spacial score (nSPS) is 10.5. The number of carbonyl (C=O) groups is 2. The summed E-state index contributed by atoms with van der Waals surface area (Å²) in [6, 6.07) is 18.4. The Balaban J connectivity index is 1.88. The number of para-hydroxylation sites is 1. The maximum absolute atomic E-state index is 12.4.